The van der Waals surface area contributed by atoms with Crippen molar-refractivity contribution in [1.29, 1.82) is 5.26 Å². The quantitative estimate of drug-likeness (QED) is 0.899. The molecule has 0 saturated heterocycles. The lowest BCUT2D eigenvalue weighted by Gasteiger charge is -2.09. The number of nitriles is 1. The van der Waals surface area contributed by atoms with E-state index in [4.69, 9.17) is 16.3 Å². The SMILES string of the molecule is CCNCc1ccc(Oc2ccc(Cl)cc2)c(C#N)c1. The highest BCUT2D eigenvalue weighted by molar-refractivity contribution is 6.30. The molecule has 0 aliphatic heterocycles. The number of benzene rings is 2. The minimum absolute atomic E-state index is 0.523. The van der Waals surface area contributed by atoms with E-state index in [1.54, 1.807) is 24.3 Å². The first-order valence-corrected chi connectivity index (χ1v) is 6.78. The van der Waals surface area contributed by atoms with E-state index in [9.17, 15) is 5.26 Å². The highest BCUT2D eigenvalue weighted by Gasteiger charge is 2.06. The van der Waals surface area contributed by atoms with Crippen LogP contribution in [0.15, 0.2) is 42.5 Å². The molecule has 2 rings (SSSR count). The molecule has 2 aromatic rings. The smallest absolute Gasteiger partial charge is 0.145 e. The van der Waals surface area contributed by atoms with Gasteiger partial charge in [-0.05, 0) is 48.5 Å². The Hall–Kier alpha value is -2.02. The van der Waals surface area contributed by atoms with Crippen molar-refractivity contribution in [2.45, 2.75) is 13.5 Å². The molecule has 0 amide bonds. The highest BCUT2D eigenvalue weighted by Crippen LogP contribution is 2.26. The average Bonchev–Trinajstić information content (AvgIpc) is 2.48. The first-order valence-electron chi connectivity index (χ1n) is 6.40. The molecular formula is C16H15ClN2O. The number of hydrogen-bond acceptors (Lipinski definition) is 3. The van der Waals surface area contributed by atoms with Crippen LogP contribution in [-0.4, -0.2) is 6.54 Å². The van der Waals surface area contributed by atoms with Crippen LogP contribution in [0.2, 0.25) is 5.02 Å². The summed E-state index contributed by atoms with van der Waals surface area (Å²) in [5.41, 5.74) is 1.59. The molecule has 0 fully saturated rings. The predicted molar refractivity (Wildman–Crippen MR) is 80.1 cm³/mol. The van der Waals surface area contributed by atoms with Crippen molar-refractivity contribution >= 4 is 11.6 Å². The van der Waals surface area contributed by atoms with Crippen molar-refractivity contribution in [2.75, 3.05) is 6.54 Å². The van der Waals surface area contributed by atoms with Gasteiger partial charge in [-0.3, -0.25) is 0 Å². The first kappa shape index (κ1) is 14.4. The summed E-state index contributed by atoms with van der Waals surface area (Å²) in [6, 6.07) is 14.8. The van der Waals surface area contributed by atoms with E-state index in [1.807, 2.05) is 25.1 Å². The zero-order chi connectivity index (χ0) is 14.4. The number of halogens is 1. The van der Waals surface area contributed by atoms with Crippen LogP contribution in [0.25, 0.3) is 0 Å². The zero-order valence-electron chi connectivity index (χ0n) is 11.2. The molecular weight excluding hydrogens is 272 g/mol. The third kappa shape index (κ3) is 3.74. The third-order valence-corrected chi connectivity index (χ3v) is 3.04. The molecule has 0 aliphatic rings. The summed E-state index contributed by atoms with van der Waals surface area (Å²) in [5, 5.41) is 13.1. The van der Waals surface area contributed by atoms with Crippen LogP contribution in [0.3, 0.4) is 0 Å². The molecule has 102 valence electrons. The van der Waals surface area contributed by atoms with Gasteiger partial charge in [-0.1, -0.05) is 24.6 Å². The normalized spacial score (nSPS) is 10.1. The summed E-state index contributed by atoms with van der Waals surface area (Å²) in [4.78, 5) is 0. The monoisotopic (exact) mass is 286 g/mol. The molecule has 0 aromatic heterocycles. The molecule has 0 bridgehead atoms. The Balaban J connectivity index is 2.19. The zero-order valence-corrected chi connectivity index (χ0v) is 11.9. The molecule has 0 spiro atoms. The van der Waals surface area contributed by atoms with Crippen molar-refractivity contribution in [1.82, 2.24) is 5.32 Å². The largest absolute Gasteiger partial charge is 0.456 e. The second-order valence-electron chi connectivity index (χ2n) is 4.28. The van der Waals surface area contributed by atoms with Crippen LogP contribution in [0.4, 0.5) is 0 Å². The van der Waals surface area contributed by atoms with Gasteiger partial charge in [0.05, 0.1) is 5.56 Å². The Kier molecular flexibility index (Phi) is 5.00. The molecule has 0 heterocycles. The average molecular weight is 287 g/mol. The van der Waals surface area contributed by atoms with Gasteiger partial charge in [-0.15, -0.1) is 0 Å². The number of rotatable bonds is 5. The Morgan fingerprint density at radius 1 is 1.20 bits per heavy atom. The van der Waals surface area contributed by atoms with Gasteiger partial charge in [-0.25, -0.2) is 0 Å². The topological polar surface area (TPSA) is 45.0 Å². The Labute approximate surface area is 123 Å². The fourth-order valence-corrected chi connectivity index (χ4v) is 1.89. The van der Waals surface area contributed by atoms with Crippen molar-refractivity contribution in [2.24, 2.45) is 0 Å². The maximum Gasteiger partial charge on any atom is 0.145 e. The molecule has 1 N–H and O–H groups in total. The Morgan fingerprint density at radius 2 is 1.95 bits per heavy atom. The van der Waals surface area contributed by atoms with Crippen LogP contribution in [-0.2, 0) is 6.54 Å². The van der Waals surface area contributed by atoms with Gasteiger partial charge in [0.15, 0.2) is 0 Å². The molecule has 0 unspecified atom stereocenters. The number of nitrogens with zero attached hydrogens (tertiary/aromatic N) is 1. The van der Waals surface area contributed by atoms with E-state index < -0.39 is 0 Å². The molecule has 2 aromatic carbocycles. The Morgan fingerprint density at radius 3 is 2.60 bits per heavy atom. The van der Waals surface area contributed by atoms with Gasteiger partial charge in [-0.2, -0.15) is 5.26 Å². The van der Waals surface area contributed by atoms with Gasteiger partial charge in [0.1, 0.15) is 17.6 Å². The van der Waals surface area contributed by atoms with E-state index in [1.165, 1.54) is 0 Å². The lowest BCUT2D eigenvalue weighted by Crippen LogP contribution is -2.11. The van der Waals surface area contributed by atoms with Crippen molar-refractivity contribution in [3.8, 4) is 17.6 Å². The van der Waals surface area contributed by atoms with Crippen LogP contribution >= 0.6 is 11.6 Å². The van der Waals surface area contributed by atoms with Crippen LogP contribution < -0.4 is 10.1 Å². The summed E-state index contributed by atoms with van der Waals surface area (Å²) in [5.74, 6) is 1.21. The van der Waals surface area contributed by atoms with Gasteiger partial charge in [0, 0.05) is 11.6 Å². The fraction of sp³-hybridized carbons (Fsp3) is 0.188. The van der Waals surface area contributed by atoms with E-state index in [0.29, 0.717) is 22.1 Å². The lowest BCUT2D eigenvalue weighted by molar-refractivity contribution is 0.481. The molecule has 20 heavy (non-hydrogen) atoms. The van der Waals surface area contributed by atoms with Crippen LogP contribution in [0.5, 0.6) is 11.5 Å². The van der Waals surface area contributed by atoms with Crippen molar-refractivity contribution < 1.29 is 4.74 Å². The number of ether oxygens (including phenoxy) is 1. The van der Waals surface area contributed by atoms with E-state index in [0.717, 1.165) is 18.7 Å². The van der Waals surface area contributed by atoms with Crippen LogP contribution in [0.1, 0.15) is 18.1 Å². The maximum atomic E-state index is 9.22. The van der Waals surface area contributed by atoms with E-state index >= 15 is 0 Å². The Bertz CT molecular complexity index is 617. The van der Waals surface area contributed by atoms with Crippen molar-refractivity contribution in [3.05, 3.63) is 58.6 Å². The van der Waals surface area contributed by atoms with Crippen molar-refractivity contribution in [3.63, 3.8) is 0 Å². The minimum Gasteiger partial charge on any atom is -0.456 e. The third-order valence-electron chi connectivity index (χ3n) is 2.78. The predicted octanol–water partition coefficient (Wildman–Crippen LogP) is 4.11. The lowest BCUT2D eigenvalue weighted by atomic mass is 10.1. The van der Waals surface area contributed by atoms with Gasteiger partial charge in [0.2, 0.25) is 0 Å². The van der Waals surface area contributed by atoms with E-state index in [2.05, 4.69) is 11.4 Å². The second-order valence-corrected chi connectivity index (χ2v) is 4.72. The molecule has 4 heteroatoms. The number of nitrogens with one attached hydrogen (secondary N) is 1. The standard InChI is InChI=1S/C16H15ClN2O/c1-2-19-11-12-3-8-16(13(9-12)10-18)20-15-6-4-14(17)5-7-15/h3-9,19H,2,11H2,1H3. The number of hydrogen-bond donors (Lipinski definition) is 1. The van der Waals surface area contributed by atoms with Gasteiger partial charge < -0.3 is 10.1 Å². The molecule has 0 aliphatic carbocycles. The molecule has 0 atom stereocenters. The molecule has 3 nitrogen and oxygen atoms in total. The molecule has 0 radical (unpaired) electrons. The summed E-state index contributed by atoms with van der Waals surface area (Å²) in [7, 11) is 0. The summed E-state index contributed by atoms with van der Waals surface area (Å²) >= 11 is 5.83. The summed E-state index contributed by atoms with van der Waals surface area (Å²) < 4.78 is 5.71. The van der Waals surface area contributed by atoms with Crippen LogP contribution in [0, 0.1) is 11.3 Å². The second kappa shape index (κ2) is 6.95. The summed E-state index contributed by atoms with van der Waals surface area (Å²) in [6.45, 7) is 3.68. The van der Waals surface area contributed by atoms with Gasteiger partial charge >= 0.3 is 0 Å². The van der Waals surface area contributed by atoms with E-state index in [-0.39, 0.29) is 0 Å². The van der Waals surface area contributed by atoms with Gasteiger partial charge in [0.25, 0.3) is 0 Å². The fourth-order valence-electron chi connectivity index (χ4n) is 1.76. The summed E-state index contributed by atoms with van der Waals surface area (Å²) in [6.07, 6.45) is 0. The maximum absolute atomic E-state index is 9.22. The first-order chi connectivity index (χ1) is 9.72. The highest BCUT2D eigenvalue weighted by atomic mass is 35.5. The molecule has 0 saturated carbocycles. The minimum atomic E-state index is 0.523.